The number of carbonyl (C=O) groups excluding carboxylic acids is 1. The first-order valence-electron chi connectivity index (χ1n) is 5.91. The molecule has 0 radical (unpaired) electrons. The fourth-order valence-electron chi connectivity index (χ4n) is 1.84. The van der Waals surface area contributed by atoms with Gasteiger partial charge in [0.25, 0.3) is 5.91 Å². The molecule has 1 N–H and O–H groups in total. The Kier molecular flexibility index (Phi) is 3.08. The van der Waals surface area contributed by atoms with Crippen LogP contribution in [0.15, 0.2) is 45.6 Å². The summed E-state index contributed by atoms with van der Waals surface area (Å²) in [6.07, 6.45) is 0. The Morgan fingerprint density at radius 1 is 1.30 bits per heavy atom. The highest BCUT2D eigenvalue weighted by Gasteiger charge is 2.13. The summed E-state index contributed by atoms with van der Waals surface area (Å²) in [5, 5.41) is 4.40. The van der Waals surface area contributed by atoms with Gasteiger partial charge in [0.1, 0.15) is 5.00 Å². The van der Waals surface area contributed by atoms with E-state index < -0.39 is 11.5 Å². The second-order valence-corrected chi connectivity index (χ2v) is 5.08. The van der Waals surface area contributed by atoms with Crippen LogP contribution < -0.4 is 10.9 Å². The number of anilines is 1. The molecule has 0 fully saturated rings. The number of nitrogens with zero attached hydrogens (tertiary/aromatic N) is 1. The second kappa shape index (κ2) is 4.90. The van der Waals surface area contributed by atoms with Crippen molar-refractivity contribution in [2.24, 2.45) is 0 Å². The number of aromatic nitrogens is 1. The molecule has 0 saturated heterocycles. The minimum absolute atomic E-state index is 0.0141. The smallest absolute Gasteiger partial charge is 0.344 e. The number of rotatable bonds is 2. The molecule has 100 valence electrons. The van der Waals surface area contributed by atoms with Gasteiger partial charge in [0, 0.05) is 0 Å². The number of hydrogen-bond acceptors (Lipinski definition) is 5. The van der Waals surface area contributed by atoms with E-state index in [9.17, 15) is 9.59 Å². The lowest BCUT2D eigenvalue weighted by atomic mass is 10.1. The van der Waals surface area contributed by atoms with E-state index in [0.29, 0.717) is 15.8 Å². The third kappa shape index (κ3) is 2.33. The number of fused-ring (bicyclic) bond motifs is 1. The van der Waals surface area contributed by atoms with Gasteiger partial charge in [-0.2, -0.15) is 4.37 Å². The molecule has 0 spiro atoms. The molecule has 2 aromatic heterocycles. The first kappa shape index (κ1) is 12.6. The van der Waals surface area contributed by atoms with Crippen LogP contribution in [0.2, 0.25) is 0 Å². The number of hydrogen-bond donors (Lipinski definition) is 1. The van der Waals surface area contributed by atoms with Gasteiger partial charge in [0.2, 0.25) is 0 Å². The van der Waals surface area contributed by atoms with Crippen LogP contribution >= 0.6 is 11.5 Å². The van der Waals surface area contributed by atoms with Crippen molar-refractivity contribution in [3.05, 3.63) is 58.3 Å². The summed E-state index contributed by atoms with van der Waals surface area (Å²) in [4.78, 5) is 23.9. The van der Waals surface area contributed by atoms with Crippen molar-refractivity contribution in [2.45, 2.75) is 6.92 Å². The standard InChI is InChI=1S/C14H10N2O3S/c1-8-6-12(20-16-8)15-13(17)11-7-9-4-2-3-5-10(9)14(18)19-11/h2-7H,1H3,(H,15,17). The molecular formula is C14H10N2O3S. The Morgan fingerprint density at radius 3 is 2.85 bits per heavy atom. The van der Waals surface area contributed by atoms with E-state index in [4.69, 9.17) is 4.42 Å². The average Bonchev–Trinajstić information content (AvgIpc) is 2.84. The van der Waals surface area contributed by atoms with E-state index in [-0.39, 0.29) is 5.76 Å². The average molecular weight is 286 g/mol. The maximum Gasteiger partial charge on any atom is 0.344 e. The highest BCUT2D eigenvalue weighted by molar-refractivity contribution is 7.10. The first-order chi connectivity index (χ1) is 9.63. The molecular weight excluding hydrogens is 276 g/mol. The van der Waals surface area contributed by atoms with E-state index in [0.717, 1.165) is 5.69 Å². The van der Waals surface area contributed by atoms with Crippen molar-refractivity contribution in [2.75, 3.05) is 5.32 Å². The van der Waals surface area contributed by atoms with E-state index in [1.54, 1.807) is 36.4 Å². The van der Waals surface area contributed by atoms with Crippen LogP contribution in [0.4, 0.5) is 5.00 Å². The number of aryl methyl sites for hydroxylation is 1. The molecule has 0 atom stereocenters. The van der Waals surface area contributed by atoms with Crippen molar-refractivity contribution < 1.29 is 9.21 Å². The quantitative estimate of drug-likeness (QED) is 0.786. The van der Waals surface area contributed by atoms with Gasteiger partial charge in [-0.1, -0.05) is 18.2 Å². The molecule has 6 heteroatoms. The van der Waals surface area contributed by atoms with Crippen molar-refractivity contribution in [1.82, 2.24) is 4.37 Å². The molecule has 3 rings (SSSR count). The Balaban J connectivity index is 1.97. The third-order valence-electron chi connectivity index (χ3n) is 2.76. The Hall–Kier alpha value is -2.47. The number of nitrogens with one attached hydrogen (secondary N) is 1. The van der Waals surface area contributed by atoms with Gasteiger partial charge in [0.15, 0.2) is 5.76 Å². The molecule has 0 aliphatic rings. The molecule has 2 heterocycles. The zero-order chi connectivity index (χ0) is 14.1. The summed E-state index contributed by atoms with van der Waals surface area (Å²) in [7, 11) is 0. The molecule has 5 nitrogen and oxygen atoms in total. The zero-order valence-electron chi connectivity index (χ0n) is 10.5. The number of carbonyl (C=O) groups is 1. The largest absolute Gasteiger partial charge is 0.417 e. The van der Waals surface area contributed by atoms with Crippen LogP contribution in [-0.4, -0.2) is 10.3 Å². The van der Waals surface area contributed by atoms with Gasteiger partial charge >= 0.3 is 5.63 Å². The van der Waals surface area contributed by atoms with Crippen molar-refractivity contribution in [1.29, 1.82) is 0 Å². The zero-order valence-corrected chi connectivity index (χ0v) is 11.4. The van der Waals surface area contributed by atoms with Crippen molar-refractivity contribution in [3.63, 3.8) is 0 Å². The molecule has 1 aromatic carbocycles. The van der Waals surface area contributed by atoms with E-state index >= 15 is 0 Å². The van der Waals surface area contributed by atoms with Crippen LogP contribution in [0.5, 0.6) is 0 Å². The molecule has 0 aliphatic carbocycles. The monoisotopic (exact) mass is 286 g/mol. The molecule has 0 unspecified atom stereocenters. The molecule has 1 amide bonds. The summed E-state index contributed by atoms with van der Waals surface area (Å²) < 4.78 is 9.11. The second-order valence-electron chi connectivity index (χ2n) is 4.27. The SMILES string of the molecule is Cc1cc(NC(=O)c2cc3ccccc3c(=O)o2)sn1. The van der Waals surface area contributed by atoms with Gasteiger partial charge in [-0.3, -0.25) is 4.79 Å². The summed E-state index contributed by atoms with van der Waals surface area (Å²) in [5.74, 6) is -0.476. The van der Waals surface area contributed by atoms with Crippen molar-refractivity contribution in [3.8, 4) is 0 Å². The van der Waals surface area contributed by atoms with Crippen LogP contribution in [0.3, 0.4) is 0 Å². The van der Waals surface area contributed by atoms with Gasteiger partial charge in [-0.25, -0.2) is 4.79 Å². The predicted molar refractivity (Wildman–Crippen MR) is 77.3 cm³/mol. The predicted octanol–water partition coefficient (Wildman–Crippen LogP) is 2.81. The third-order valence-corrected chi connectivity index (χ3v) is 3.55. The van der Waals surface area contributed by atoms with Gasteiger partial charge in [-0.05, 0) is 42.0 Å². The number of amides is 1. The van der Waals surface area contributed by atoms with Crippen molar-refractivity contribution >= 4 is 33.2 Å². The Bertz CT molecular complexity index is 851. The fraction of sp³-hybridized carbons (Fsp3) is 0.0714. The van der Waals surface area contributed by atoms with Crippen LogP contribution in [-0.2, 0) is 0 Å². The maximum atomic E-state index is 12.1. The fourth-order valence-corrected chi connectivity index (χ4v) is 2.50. The highest BCUT2D eigenvalue weighted by Crippen LogP contribution is 2.17. The highest BCUT2D eigenvalue weighted by atomic mass is 32.1. The van der Waals surface area contributed by atoms with Crippen LogP contribution in [0, 0.1) is 6.92 Å². The van der Waals surface area contributed by atoms with Gasteiger partial charge in [0.05, 0.1) is 11.1 Å². The Labute approximate surface area is 118 Å². The lowest BCUT2D eigenvalue weighted by Crippen LogP contribution is -2.14. The molecule has 0 bridgehead atoms. The lowest BCUT2D eigenvalue weighted by molar-refractivity contribution is 0.0993. The summed E-state index contributed by atoms with van der Waals surface area (Å²) in [5.41, 5.74) is 0.305. The minimum atomic E-state index is -0.520. The lowest BCUT2D eigenvalue weighted by Gasteiger charge is -2.02. The van der Waals surface area contributed by atoms with Gasteiger partial charge < -0.3 is 9.73 Å². The molecule has 3 aromatic rings. The normalized spacial score (nSPS) is 10.7. The van der Waals surface area contributed by atoms with E-state index in [1.165, 1.54) is 11.5 Å². The summed E-state index contributed by atoms with van der Waals surface area (Å²) in [6, 6.07) is 10.3. The molecule has 0 saturated carbocycles. The summed E-state index contributed by atoms with van der Waals surface area (Å²) >= 11 is 1.18. The Morgan fingerprint density at radius 2 is 2.10 bits per heavy atom. The summed E-state index contributed by atoms with van der Waals surface area (Å²) in [6.45, 7) is 1.84. The first-order valence-corrected chi connectivity index (χ1v) is 6.68. The van der Waals surface area contributed by atoms with Gasteiger partial charge in [-0.15, -0.1) is 0 Å². The molecule has 0 aliphatic heterocycles. The maximum absolute atomic E-state index is 12.1. The number of benzene rings is 1. The van der Waals surface area contributed by atoms with E-state index in [1.807, 2.05) is 6.92 Å². The topological polar surface area (TPSA) is 72.2 Å². The van der Waals surface area contributed by atoms with Crippen LogP contribution in [0.25, 0.3) is 10.8 Å². The minimum Gasteiger partial charge on any atom is -0.417 e. The van der Waals surface area contributed by atoms with E-state index in [2.05, 4.69) is 9.69 Å². The van der Waals surface area contributed by atoms with Crippen LogP contribution in [0.1, 0.15) is 16.2 Å². The molecule has 20 heavy (non-hydrogen) atoms.